The molecule has 0 saturated carbocycles. The third-order valence-corrected chi connectivity index (χ3v) is 3.11. The third kappa shape index (κ3) is 3.44. The van der Waals surface area contributed by atoms with Crippen molar-refractivity contribution < 1.29 is 19.1 Å². The Kier molecular flexibility index (Phi) is 4.60. The summed E-state index contributed by atoms with van der Waals surface area (Å²) in [6.45, 7) is 6.72. The van der Waals surface area contributed by atoms with Gasteiger partial charge in [-0.25, -0.2) is 19.4 Å². The molecule has 2 aromatic rings. The van der Waals surface area contributed by atoms with Gasteiger partial charge in [0.2, 0.25) is 0 Å². The second-order valence-corrected chi connectivity index (χ2v) is 6.54. The standard InChI is InChI=1S/C14H16BrN3O5/c1-5-22-12(20)17-9-6-8(15)7-16-10(9)18(11(17)19)13(21)23-14(2,3)4/h6-7H,5H2,1-4H3. The van der Waals surface area contributed by atoms with Crippen LogP contribution in [0.5, 0.6) is 0 Å². The van der Waals surface area contributed by atoms with Crippen LogP contribution in [0, 0.1) is 0 Å². The molecule has 124 valence electrons. The lowest BCUT2D eigenvalue weighted by atomic mass is 10.2. The zero-order chi connectivity index (χ0) is 17.4. The number of aromatic nitrogens is 3. The van der Waals surface area contributed by atoms with Crippen molar-refractivity contribution in [2.24, 2.45) is 0 Å². The molecule has 0 spiro atoms. The Labute approximate surface area is 140 Å². The summed E-state index contributed by atoms with van der Waals surface area (Å²) in [5.74, 6) is 0. The van der Waals surface area contributed by atoms with Gasteiger partial charge in [-0.3, -0.25) is 0 Å². The summed E-state index contributed by atoms with van der Waals surface area (Å²) in [5, 5.41) is 0. The van der Waals surface area contributed by atoms with E-state index >= 15 is 0 Å². The molecule has 0 amide bonds. The lowest BCUT2D eigenvalue weighted by molar-refractivity contribution is 0.0536. The lowest BCUT2D eigenvalue weighted by Gasteiger charge is -2.18. The summed E-state index contributed by atoms with van der Waals surface area (Å²) < 4.78 is 12.1. The number of nitrogens with zero attached hydrogens (tertiary/aromatic N) is 3. The Morgan fingerprint density at radius 2 is 1.91 bits per heavy atom. The first-order chi connectivity index (χ1) is 10.7. The highest BCUT2D eigenvalue weighted by molar-refractivity contribution is 9.10. The van der Waals surface area contributed by atoms with E-state index in [2.05, 4.69) is 20.9 Å². The molecular formula is C14H16BrN3O5. The molecule has 2 aromatic heterocycles. The first-order valence-electron chi connectivity index (χ1n) is 6.85. The maximum absolute atomic E-state index is 12.5. The molecule has 0 N–H and O–H groups in total. The molecule has 0 aromatic carbocycles. The molecule has 0 saturated heterocycles. The highest BCUT2D eigenvalue weighted by Crippen LogP contribution is 2.18. The van der Waals surface area contributed by atoms with Crippen molar-refractivity contribution in [3.05, 3.63) is 27.2 Å². The number of halogens is 1. The van der Waals surface area contributed by atoms with Crippen LogP contribution in [-0.4, -0.2) is 38.5 Å². The quantitative estimate of drug-likeness (QED) is 0.749. The van der Waals surface area contributed by atoms with E-state index in [1.807, 2.05) is 0 Å². The number of hydrogen-bond acceptors (Lipinski definition) is 6. The monoisotopic (exact) mass is 385 g/mol. The molecule has 0 unspecified atom stereocenters. The molecule has 2 heterocycles. The van der Waals surface area contributed by atoms with Gasteiger partial charge in [-0.15, -0.1) is 0 Å². The van der Waals surface area contributed by atoms with E-state index < -0.39 is 23.5 Å². The van der Waals surface area contributed by atoms with Crippen LogP contribution in [0.4, 0.5) is 9.59 Å². The highest BCUT2D eigenvalue weighted by Gasteiger charge is 2.27. The summed E-state index contributed by atoms with van der Waals surface area (Å²) in [6, 6.07) is 1.50. The van der Waals surface area contributed by atoms with Crippen molar-refractivity contribution in [2.75, 3.05) is 6.61 Å². The normalized spacial score (nSPS) is 11.5. The van der Waals surface area contributed by atoms with Crippen molar-refractivity contribution in [1.82, 2.24) is 14.1 Å². The van der Waals surface area contributed by atoms with Crippen LogP contribution in [0.1, 0.15) is 27.7 Å². The highest BCUT2D eigenvalue weighted by atomic mass is 79.9. The minimum absolute atomic E-state index is 0.0144. The molecule has 23 heavy (non-hydrogen) atoms. The predicted octanol–water partition coefficient (Wildman–Crippen LogP) is 2.75. The number of ether oxygens (including phenoxy) is 2. The lowest BCUT2D eigenvalue weighted by Crippen LogP contribution is -2.36. The van der Waals surface area contributed by atoms with Crippen molar-refractivity contribution in [3.8, 4) is 0 Å². The number of rotatable bonds is 1. The summed E-state index contributed by atoms with van der Waals surface area (Å²) >= 11 is 3.22. The van der Waals surface area contributed by atoms with E-state index in [-0.39, 0.29) is 17.8 Å². The number of carbonyl (C=O) groups excluding carboxylic acids is 2. The Balaban J connectivity index is 2.71. The summed E-state index contributed by atoms with van der Waals surface area (Å²) in [6.07, 6.45) is -0.381. The number of hydrogen-bond donors (Lipinski definition) is 0. The molecule has 8 nitrogen and oxygen atoms in total. The van der Waals surface area contributed by atoms with Gasteiger partial charge in [-0.2, -0.15) is 9.13 Å². The fourth-order valence-electron chi connectivity index (χ4n) is 1.89. The van der Waals surface area contributed by atoms with Crippen LogP contribution in [0.25, 0.3) is 11.2 Å². The summed E-state index contributed by atoms with van der Waals surface area (Å²) in [5.41, 5.74) is -1.53. The topological polar surface area (TPSA) is 92.4 Å². The first-order valence-corrected chi connectivity index (χ1v) is 7.64. The largest absolute Gasteiger partial charge is 0.449 e. The van der Waals surface area contributed by atoms with E-state index in [0.29, 0.717) is 9.04 Å². The second-order valence-electron chi connectivity index (χ2n) is 5.63. The Bertz CT molecular complexity index is 831. The van der Waals surface area contributed by atoms with Gasteiger partial charge in [0.25, 0.3) is 0 Å². The van der Waals surface area contributed by atoms with Crippen molar-refractivity contribution in [2.45, 2.75) is 33.3 Å². The fraction of sp³-hybridized carbons (Fsp3) is 0.429. The SMILES string of the molecule is CCOC(=O)n1c(=O)n(C(=O)OC(C)(C)C)c2ncc(Br)cc21. The molecule has 0 bridgehead atoms. The van der Waals surface area contributed by atoms with Gasteiger partial charge in [0.1, 0.15) is 11.1 Å². The maximum atomic E-state index is 12.5. The van der Waals surface area contributed by atoms with E-state index in [1.54, 1.807) is 27.7 Å². The molecule has 0 aliphatic rings. The first kappa shape index (κ1) is 17.2. The summed E-state index contributed by atoms with van der Waals surface area (Å²) in [4.78, 5) is 40.9. The Hall–Kier alpha value is -2.16. The van der Waals surface area contributed by atoms with E-state index in [4.69, 9.17) is 9.47 Å². The number of fused-ring (bicyclic) bond motifs is 1. The third-order valence-electron chi connectivity index (χ3n) is 2.68. The minimum atomic E-state index is -0.912. The Morgan fingerprint density at radius 1 is 1.26 bits per heavy atom. The number of carbonyl (C=O) groups is 2. The van der Waals surface area contributed by atoms with Gasteiger partial charge in [-0.1, -0.05) is 0 Å². The van der Waals surface area contributed by atoms with Gasteiger partial charge >= 0.3 is 17.9 Å². The van der Waals surface area contributed by atoms with Crippen LogP contribution in [0.2, 0.25) is 0 Å². The van der Waals surface area contributed by atoms with Crippen molar-refractivity contribution in [3.63, 3.8) is 0 Å². The molecule has 0 aliphatic heterocycles. The summed E-state index contributed by atoms with van der Waals surface area (Å²) in [7, 11) is 0. The fourth-order valence-corrected chi connectivity index (χ4v) is 2.21. The molecule has 0 fully saturated rings. The molecule has 0 aliphatic carbocycles. The smallest absolute Gasteiger partial charge is 0.424 e. The molecule has 0 atom stereocenters. The molecule has 9 heteroatoms. The van der Waals surface area contributed by atoms with E-state index in [1.165, 1.54) is 12.3 Å². The van der Waals surface area contributed by atoms with Crippen LogP contribution in [0.3, 0.4) is 0 Å². The minimum Gasteiger partial charge on any atom is -0.449 e. The zero-order valence-corrected chi connectivity index (χ0v) is 14.7. The predicted molar refractivity (Wildman–Crippen MR) is 85.7 cm³/mol. The molecular weight excluding hydrogens is 370 g/mol. The average Bonchev–Trinajstić information content (AvgIpc) is 2.68. The van der Waals surface area contributed by atoms with Crippen molar-refractivity contribution >= 4 is 39.3 Å². The van der Waals surface area contributed by atoms with E-state index in [0.717, 1.165) is 4.57 Å². The second kappa shape index (κ2) is 6.15. The van der Waals surface area contributed by atoms with Crippen molar-refractivity contribution in [1.29, 1.82) is 0 Å². The van der Waals surface area contributed by atoms with Crippen LogP contribution in [0.15, 0.2) is 21.5 Å². The van der Waals surface area contributed by atoms with Crippen LogP contribution in [-0.2, 0) is 9.47 Å². The van der Waals surface area contributed by atoms with E-state index in [9.17, 15) is 14.4 Å². The average molecular weight is 386 g/mol. The number of pyridine rings is 1. The van der Waals surface area contributed by atoms with Gasteiger partial charge in [0, 0.05) is 10.7 Å². The van der Waals surface area contributed by atoms with Crippen LogP contribution >= 0.6 is 15.9 Å². The van der Waals surface area contributed by atoms with Gasteiger partial charge in [-0.05, 0) is 49.7 Å². The Morgan fingerprint density at radius 3 is 2.48 bits per heavy atom. The number of imidazole rings is 1. The van der Waals surface area contributed by atoms with Gasteiger partial charge in [0.05, 0.1) is 6.61 Å². The zero-order valence-electron chi connectivity index (χ0n) is 13.1. The molecule has 2 rings (SSSR count). The maximum Gasteiger partial charge on any atom is 0.424 e. The molecule has 0 radical (unpaired) electrons. The van der Waals surface area contributed by atoms with Crippen LogP contribution < -0.4 is 5.69 Å². The van der Waals surface area contributed by atoms with Gasteiger partial charge < -0.3 is 9.47 Å². The van der Waals surface area contributed by atoms with Gasteiger partial charge in [0.15, 0.2) is 5.65 Å².